The van der Waals surface area contributed by atoms with Crippen molar-refractivity contribution < 1.29 is 14.3 Å². The summed E-state index contributed by atoms with van der Waals surface area (Å²) in [5.74, 6) is -0.272. The molecule has 0 N–H and O–H groups in total. The van der Waals surface area contributed by atoms with E-state index in [9.17, 15) is 9.59 Å². The normalized spacial score (nSPS) is 13.2. The van der Waals surface area contributed by atoms with Crippen molar-refractivity contribution in [1.82, 2.24) is 0 Å². The summed E-state index contributed by atoms with van der Waals surface area (Å²) < 4.78 is 4.74. The fourth-order valence-electron chi connectivity index (χ4n) is 0.830. The first-order valence-corrected chi connectivity index (χ1v) is 4.81. The second-order valence-corrected chi connectivity index (χ2v) is 3.61. The quantitative estimate of drug-likeness (QED) is 0.501. The molecule has 0 amide bonds. The number of hydrogen-bond donors (Lipinski definition) is 0. The molecule has 3 nitrogen and oxygen atoms in total. The predicted molar refractivity (Wildman–Crippen MR) is 54.8 cm³/mol. The van der Waals surface area contributed by atoms with E-state index in [1.807, 2.05) is 20.8 Å². The first-order valence-electron chi connectivity index (χ1n) is 4.81. The summed E-state index contributed by atoms with van der Waals surface area (Å²) in [4.78, 5) is 22.3. The molecule has 0 aromatic carbocycles. The third-order valence-electron chi connectivity index (χ3n) is 2.17. The van der Waals surface area contributed by atoms with Crippen LogP contribution in [0.5, 0.6) is 0 Å². The lowest BCUT2D eigenvalue weighted by molar-refractivity contribution is -0.144. The van der Waals surface area contributed by atoms with Crippen LogP contribution in [0.3, 0.4) is 0 Å². The van der Waals surface area contributed by atoms with E-state index >= 15 is 0 Å². The second kappa shape index (κ2) is 6.35. The van der Waals surface area contributed by atoms with Gasteiger partial charge in [-0.25, -0.2) is 4.79 Å². The first kappa shape index (κ1) is 12.9. The van der Waals surface area contributed by atoms with E-state index in [2.05, 4.69) is 0 Å². The van der Waals surface area contributed by atoms with E-state index < -0.39 is 5.97 Å². The summed E-state index contributed by atoms with van der Waals surface area (Å²) in [5.41, 5.74) is 0. The van der Waals surface area contributed by atoms with Gasteiger partial charge in [0.05, 0.1) is 0 Å². The molecule has 0 aliphatic rings. The molecule has 0 rings (SSSR count). The Morgan fingerprint density at radius 1 is 1.29 bits per heavy atom. The maximum atomic E-state index is 11.4. The standard InChI is InChI=1S/C11H18O3/c1-5-6-11(13)14-7-10(12)9(4)8(2)3/h5-6,8-9H,7H2,1-4H3. The lowest BCUT2D eigenvalue weighted by Gasteiger charge is -2.13. The van der Waals surface area contributed by atoms with E-state index in [0.29, 0.717) is 0 Å². The molecule has 3 heteroatoms. The van der Waals surface area contributed by atoms with Gasteiger partial charge in [-0.1, -0.05) is 26.8 Å². The van der Waals surface area contributed by atoms with Gasteiger partial charge in [-0.2, -0.15) is 0 Å². The van der Waals surface area contributed by atoms with Crippen LogP contribution in [0.25, 0.3) is 0 Å². The van der Waals surface area contributed by atoms with Gasteiger partial charge in [-0.15, -0.1) is 0 Å². The van der Waals surface area contributed by atoms with Gasteiger partial charge in [0.2, 0.25) is 0 Å². The Morgan fingerprint density at radius 3 is 2.29 bits per heavy atom. The summed E-state index contributed by atoms with van der Waals surface area (Å²) in [7, 11) is 0. The highest BCUT2D eigenvalue weighted by molar-refractivity contribution is 5.87. The summed E-state index contributed by atoms with van der Waals surface area (Å²) in [6, 6.07) is 0. The third kappa shape index (κ3) is 4.80. The van der Waals surface area contributed by atoms with Crippen LogP contribution in [0.4, 0.5) is 0 Å². The van der Waals surface area contributed by atoms with Gasteiger partial charge >= 0.3 is 5.97 Å². The van der Waals surface area contributed by atoms with Crippen LogP contribution in [0.2, 0.25) is 0 Å². The molecule has 0 aliphatic heterocycles. The minimum absolute atomic E-state index is 0.0298. The molecule has 0 aromatic heterocycles. The van der Waals surface area contributed by atoms with Crippen LogP contribution in [-0.4, -0.2) is 18.4 Å². The third-order valence-corrected chi connectivity index (χ3v) is 2.17. The van der Waals surface area contributed by atoms with Gasteiger partial charge in [0.15, 0.2) is 12.4 Å². The summed E-state index contributed by atoms with van der Waals surface area (Å²) in [6.45, 7) is 7.38. The molecular weight excluding hydrogens is 180 g/mol. The number of Topliss-reactive ketones (excluding diaryl/α,β-unsaturated/α-hetero) is 1. The Hall–Kier alpha value is -1.12. The van der Waals surface area contributed by atoms with Crippen LogP contribution in [0.1, 0.15) is 27.7 Å². The SMILES string of the molecule is CC=CC(=O)OCC(=O)C(C)C(C)C. The molecule has 0 aromatic rings. The van der Waals surface area contributed by atoms with Crippen molar-refractivity contribution in [2.24, 2.45) is 11.8 Å². The van der Waals surface area contributed by atoms with Crippen molar-refractivity contribution in [3.8, 4) is 0 Å². The molecule has 0 saturated carbocycles. The van der Waals surface area contributed by atoms with Crippen LogP contribution in [0.15, 0.2) is 12.2 Å². The number of esters is 1. The highest BCUT2D eigenvalue weighted by Crippen LogP contribution is 2.10. The number of hydrogen-bond acceptors (Lipinski definition) is 3. The van der Waals surface area contributed by atoms with E-state index in [0.717, 1.165) is 0 Å². The van der Waals surface area contributed by atoms with Crippen molar-refractivity contribution in [2.45, 2.75) is 27.7 Å². The lowest BCUT2D eigenvalue weighted by Crippen LogP contribution is -2.22. The van der Waals surface area contributed by atoms with Gasteiger partial charge in [0.1, 0.15) is 0 Å². The summed E-state index contributed by atoms with van der Waals surface area (Å²) in [5, 5.41) is 0. The van der Waals surface area contributed by atoms with E-state index in [1.165, 1.54) is 6.08 Å². The highest BCUT2D eigenvalue weighted by Gasteiger charge is 2.17. The lowest BCUT2D eigenvalue weighted by atomic mass is 9.94. The zero-order valence-corrected chi connectivity index (χ0v) is 9.24. The summed E-state index contributed by atoms with van der Waals surface area (Å²) >= 11 is 0. The molecule has 80 valence electrons. The maximum Gasteiger partial charge on any atom is 0.330 e. The Morgan fingerprint density at radius 2 is 1.86 bits per heavy atom. The van der Waals surface area contributed by atoms with Gasteiger partial charge < -0.3 is 4.74 Å². The minimum atomic E-state index is -0.461. The van der Waals surface area contributed by atoms with Gasteiger partial charge in [-0.3, -0.25) is 4.79 Å². The highest BCUT2D eigenvalue weighted by atomic mass is 16.5. The van der Waals surface area contributed by atoms with Gasteiger partial charge in [0, 0.05) is 12.0 Å². The molecule has 0 aliphatic carbocycles. The number of ketones is 1. The monoisotopic (exact) mass is 198 g/mol. The fraction of sp³-hybridized carbons (Fsp3) is 0.636. The smallest absolute Gasteiger partial charge is 0.330 e. The summed E-state index contributed by atoms with van der Waals surface area (Å²) in [6.07, 6.45) is 2.88. The van der Waals surface area contributed by atoms with Gasteiger partial charge in [-0.05, 0) is 12.8 Å². The van der Waals surface area contributed by atoms with Crippen LogP contribution < -0.4 is 0 Å². The van der Waals surface area contributed by atoms with Crippen molar-refractivity contribution in [3.63, 3.8) is 0 Å². The molecule has 0 fully saturated rings. The van der Waals surface area contributed by atoms with E-state index in [4.69, 9.17) is 4.74 Å². The van der Waals surface area contributed by atoms with Crippen molar-refractivity contribution in [1.29, 1.82) is 0 Å². The molecule has 14 heavy (non-hydrogen) atoms. The first-order chi connectivity index (χ1) is 6.49. The molecule has 0 spiro atoms. The number of ether oxygens (including phenoxy) is 1. The Labute approximate surface area is 85.1 Å². The average Bonchev–Trinajstić information content (AvgIpc) is 2.13. The van der Waals surface area contributed by atoms with Crippen molar-refractivity contribution >= 4 is 11.8 Å². The van der Waals surface area contributed by atoms with Crippen LogP contribution >= 0.6 is 0 Å². The minimum Gasteiger partial charge on any atom is -0.455 e. The maximum absolute atomic E-state index is 11.4. The molecule has 0 heterocycles. The topological polar surface area (TPSA) is 43.4 Å². The average molecular weight is 198 g/mol. The molecule has 0 bridgehead atoms. The Balaban J connectivity index is 3.91. The zero-order chi connectivity index (χ0) is 11.1. The van der Waals surface area contributed by atoms with E-state index in [-0.39, 0.29) is 24.2 Å². The molecular formula is C11H18O3. The Bertz CT molecular complexity index is 229. The second-order valence-electron chi connectivity index (χ2n) is 3.61. The number of carbonyl (C=O) groups excluding carboxylic acids is 2. The number of allylic oxidation sites excluding steroid dienone is 1. The molecule has 1 atom stereocenters. The van der Waals surface area contributed by atoms with Crippen molar-refractivity contribution in [3.05, 3.63) is 12.2 Å². The number of carbonyl (C=O) groups is 2. The van der Waals surface area contributed by atoms with E-state index in [1.54, 1.807) is 13.0 Å². The van der Waals surface area contributed by atoms with Crippen LogP contribution in [-0.2, 0) is 14.3 Å². The Kier molecular flexibility index (Phi) is 5.84. The van der Waals surface area contributed by atoms with Crippen LogP contribution in [0, 0.1) is 11.8 Å². The molecule has 1 unspecified atom stereocenters. The molecule has 0 saturated heterocycles. The largest absolute Gasteiger partial charge is 0.455 e. The zero-order valence-electron chi connectivity index (χ0n) is 9.24. The number of rotatable bonds is 5. The van der Waals surface area contributed by atoms with Crippen molar-refractivity contribution in [2.75, 3.05) is 6.61 Å². The molecule has 0 radical (unpaired) electrons. The fourth-order valence-corrected chi connectivity index (χ4v) is 0.830. The predicted octanol–water partition coefficient (Wildman–Crippen LogP) is 1.97. The van der Waals surface area contributed by atoms with Gasteiger partial charge in [0.25, 0.3) is 0 Å².